The highest BCUT2D eigenvalue weighted by Gasteiger charge is 2.25. The molecule has 1 N–H and O–H groups in total. The Morgan fingerprint density at radius 1 is 1.80 bits per heavy atom. The van der Waals surface area contributed by atoms with Crippen molar-refractivity contribution in [3.8, 4) is 0 Å². The summed E-state index contributed by atoms with van der Waals surface area (Å²) in [4.78, 5) is 16.4. The van der Waals surface area contributed by atoms with Gasteiger partial charge >= 0.3 is 0 Å². The Bertz CT molecular complexity index is 137. The van der Waals surface area contributed by atoms with Crippen molar-refractivity contribution in [1.82, 2.24) is 4.90 Å². The summed E-state index contributed by atoms with van der Waals surface area (Å²) in [7, 11) is 0. The molecule has 1 amide bonds. The van der Waals surface area contributed by atoms with Crippen LogP contribution in [0.15, 0.2) is 0 Å². The topological polar surface area (TPSA) is 49.8 Å². The molecule has 10 heavy (non-hydrogen) atoms. The first-order valence-electron chi connectivity index (χ1n) is 3.35. The summed E-state index contributed by atoms with van der Waals surface area (Å²) < 4.78 is 0. The number of hydrogen-bond donors (Lipinski definition) is 1. The number of amides is 1. The van der Waals surface area contributed by atoms with Gasteiger partial charge in [-0.3, -0.25) is 4.79 Å². The van der Waals surface area contributed by atoms with E-state index in [1.165, 1.54) is 4.90 Å². The SMILES string of the molecule is CC(OO)N1CCCC1=O. The van der Waals surface area contributed by atoms with Crippen LogP contribution < -0.4 is 0 Å². The van der Waals surface area contributed by atoms with Gasteiger partial charge in [0.1, 0.15) is 0 Å². The van der Waals surface area contributed by atoms with Gasteiger partial charge in [0.25, 0.3) is 0 Å². The van der Waals surface area contributed by atoms with Crippen LogP contribution in [0.2, 0.25) is 0 Å². The summed E-state index contributed by atoms with van der Waals surface area (Å²) in [6.07, 6.45) is 0.954. The van der Waals surface area contributed by atoms with Gasteiger partial charge in [0.05, 0.1) is 0 Å². The van der Waals surface area contributed by atoms with Crippen LogP contribution >= 0.6 is 0 Å². The van der Waals surface area contributed by atoms with Crippen molar-refractivity contribution in [2.24, 2.45) is 0 Å². The van der Waals surface area contributed by atoms with Crippen molar-refractivity contribution < 1.29 is 14.9 Å². The second-order valence-electron chi connectivity index (χ2n) is 2.40. The van der Waals surface area contributed by atoms with Gasteiger partial charge in [-0.25, -0.2) is 10.1 Å². The van der Waals surface area contributed by atoms with E-state index in [-0.39, 0.29) is 5.91 Å². The molecule has 1 fully saturated rings. The zero-order valence-corrected chi connectivity index (χ0v) is 5.91. The maximum absolute atomic E-state index is 10.9. The third-order valence-electron chi connectivity index (χ3n) is 1.70. The maximum atomic E-state index is 10.9. The van der Waals surface area contributed by atoms with E-state index in [4.69, 9.17) is 5.26 Å². The zero-order valence-electron chi connectivity index (χ0n) is 5.91. The molecule has 0 aromatic heterocycles. The van der Waals surface area contributed by atoms with E-state index in [1.54, 1.807) is 6.92 Å². The molecule has 0 saturated carbocycles. The lowest BCUT2D eigenvalue weighted by Crippen LogP contribution is -2.35. The van der Waals surface area contributed by atoms with Gasteiger partial charge in [0.2, 0.25) is 5.91 Å². The molecule has 4 nitrogen and oxygen atoms in total. The summed E-state index contributed by atoms with van der Waals surface area (Å²) in [5.41, 5.74) is 0. The first-order valence-corrected chi connectivity index (χ1v) is 3.35. The molecule has 1 aliphatic rings. The fourth-order valence-electron chi connectivity index (χ4n) is 1.11. The van der Waals surface area contributed by atoms with Gasteiger partial charge in [-0.1, -0.05) is 0 Å². The Kier molecular flexibility index (Phi) is 2.24. The largest absolute Gasteiger partial charge is 0.314 e. The standard InChI is InChI=1S/C6H11NO3/c1-5(10-9)7-4-2-3-6(7)8/h5,9H,2-4H2,1H3. The molecule has 1 unspecified atom stereocenters. The predicted octanol–water partition coefficient (Wildman–Crippen LogP) is 0.444. The van der Waals surface area contributed by atoms with E-state index in [1.807, 2.05) is 0 Å². The summed E-state index contributed by atoms with van der Waals surface area (Å²) in [5.74, 6) is 0.0570. The molecule has 4 heteroatoms. The van der Waals surface area contributed by atoms with Gasteiger partial charge in [-0.15, -0.1) is 0 Å². The molecular weight excluding hydrogens is 134 g/mol. The van der Waals surface area contributed by atoms with E-state index in [9.17, 15) is 4.79 Å². The highest BCUT2D eigenvalue weighted by atomic mass is 17.1. The van der Waals surface area contributed by atoms with E-state index in [2.05, 4.69) is 4.89 Å². The van der Waals surface area contributed by atoms with Crippen molar-refractivity contribution in [3.05, 3.63) is 0 Å². The molecule has 1 aliphatic heterocycles. The Morgan fingerprint density at radius 3 is 2.90 bits per heavy atom. The smallest absolute Gasteiger partial charge is 0.224 e. The van der Waals surface area contributed by atoms with Gasteiger partial charge < -0.3 is 4.90 Å². The first-order chi connectivity index (χ1) is 4.75. The molecule has 0 aromatic rings. The lowest BCUT2D eigenvalue weighted by Gasteiger charge is -2.20. The molecule has 1 saturated heterocycles. The molecule has 1 rings (SSSR count). The van der Waals surface area contributed by atoms with Crippen LogP contribution in [0.1, 0.15) is 19.8 Å². The van der Waals surface area contributed by atoms with Crippen LogP contribution in [-0.4, -0.2) is 28.8 Å². The summed E-state index contributed by atoms with van der Waals surface area (Å²) in [6, 6.07) is 0. The van der Waals surface area contributed by atoms with E-state index in [0.29, 0.717) is 13.0 Å². The van der Waals surface area contributed by atoms with E-state index < -0.39 is 6.23 Å². The van der Waals surface area contributed by atoms with Crippen LogP contribution in [0, 0.1) is 0 Å². The third kappa shape index (κ3) is 1.27. The summed E-state index contributed by atoms with van der Waals surface area (Å²) in [5, 5.41) is 8.22. The molecule has 0 radical (unpaired) electrons. The summed E-state index contributed by atoms with van der Waals surface area (Å²) in [6.45, 7) is 2.34. The van der Waals surface area contributed by atoms with Crippen LogP contribution in [0.25, 0.3) is 0 Å². The normalized spacial score (nSPS) is 21.8. The van der Waals surface area contributed by atoms with Crippen LogP contribution in [-0.2, 0) is 9.68 Å². The zero-order chi connectivity index (χ0) is 7.56. The maximum Gasteiger partial charge on any atom is 0.224 e. The Hall–Kier alpha value is -0.610. The molecule has 0 aromatic carbocycles. The van der Waals surface area contributed by atoms with Crippen LogP contribution in [0.5, 0.6) is 0 Å². The van der Waals surface area contributed by atoms with Crippen molar-refractivity contribution in [2.75, 3.05) is 6.54 Å². The number of rotatable bonds is 2. The summed E-state index contributed by atoms with van der Waals surface area (Å²) >= 11 is 0. The first kappa shape index (κ1) is 7.50. The van der Waals surface area contributed by atoms with Crippen LogP contribution in [0.3, 0.4) is 0 Å². The number of carbonyl (C=O) groups excluding carboxylic acids is 1. The fourth-order valence-corrected chi connectivity index (χ4v) is 1.11. The average molecular weight is 145 g/mol. The monoisotopic (exact) mass is 145 g/mol. The van der Waals surface area contributed by atoms with Gasteiger partial charge in [-0.05, 0) is 13.3 Å². The average Bonchev–Trinajstić information content (AvgIpc) is 2.34. The third-order valence-corrected chi connectivity index (χ3v) is 1.70. The minimum atomic E-state index is -0.491. The number of carbonyl (C=O) groups is 1. The van der Waals surface area contributed by atoms with Gasteiger partial charge in [0.15, 0.2) is 6.23 Å². The minimum Gasteiger partial charge on any atom is -0.314 e. The highest BCUT2D eigenvalue weighted by molar-refractivity contribution is 5.78. The van der Waals surface area contributed by atoms with E-state index in [0.717, 1.165) is 6.42 Å². The molecule has 0 spiro atoms. The molecule has 1 atom stereocenters. The highest BCUT2D eigenvalue weighted by Crippen LogP contribution is 2.12. The Labute approximate surface area is 59.3 Å². The fraction of sp³-hybridized carbons (Fsp3) is 0.833. The Morgan fingerprint density at radius 2 is 2.50 bits per heavy atom. The molecule has 58 valence electrons. The minimum absolute atomic E-state index is 0.0570. The van der Waals surface area contributed by atoms with Crippen molar-refractivity contribution >= 4 is 5.91 Å². The number of nitrogens with zero attached hydrogens (tertiary/aromatic N) is 1. The molecular formula is C6H11NO3. The second kappa shape index (κ2) is 2.98. The molecule has 0 bridgehead atoms. The lowest BCUT2D eigenvalue weighted by atomic mass is 10.4. The van der Waals surface area contributed by atoms with Crippen LogP contribution in [0.4, 0.5) is 0 Å². The van der Waals surface area contributed by atoms with E-state index >= 15 is 0 Å². The second-order valence-corrected chi connectivity index (χ2v) is 2.40. The number of likely N-dealkylation sites (tertiary alicyclic amines) is 1. The van der Waals surface area contributed by atoms with Crippen molar-refractivity contribution in [1.29, 1.82) is 0 Å². The van der Waals surface area contributed by atoms with Gasteiger partial charge in [0, 0.05) is 13.0 Å². The molecule has 1 heterocycles. The number of hydrogen-bond acceptors (Lipinski definition) is 3. The van der Waals surface area contributed by atoms with Gasteiger partial charge in [-0.2, -0.15) is 0 Å². The predicted molar refractivity (Wildman–Crippen MR) is 34.1 cm³/mol. The van der Waals surface area contributed by atoms with Crippen molar-refractivity contribution in [3.63, 3.8) is 0 Å². The quantitative estimate of drug-likeness (QED) is 0.453. The Balaban J connectivity index is 2.46. The molecule has 0 aliphatic carbocycles. The van der Waals surface area contributed by atoms with Crippen molar-refractivity contribution in [2.45, 2.75) is 26.0 Å². The lowest BCUT2D eigenvalue weighted by molar-refractivity contribution is -0.302.